The number of carbonyl (C=O) groups is 1. The number of methoxy groups -OCH3 is 1. The van der Waals surface area contributed by atoms with E-state index in [9.17, 15) is 14.7 Å². The van der Waals surface area contributed by atoms with E-state index in [1.807, 2.05) is 37.3 Å². The topological polar surface area (TPSA) is 94.0 Å². The van der Waals surface area contributed by atoms with Crippen LogP contribution in [0.2, 0.25) is 0 Å². The number of hydrogen-bond donors (Lipinski definition) is 1. The summed E-state index contributed by atoms with van der Waals surface area (Å²) in [6, 6.07) is 24.5. The Morgan fingerprint density at radius 3 is 2.64 bits per heavy atom. The first kappa shape index (κ1) is 26.0. The number of carboxylic acid groups (broad SMARTS) is 1. The Kier molecular flexibility index (Phi) is 6.28. The minimum atomic E-state index is -0.999. The highest BCUT2D eigenvalue weighted by Gasteiger charge is 2.32. The van der Waals surface area contributed by atoms with Gasteiger partial charge in [0.1, 0.15) is 17.3 Å². The Balaban J connectivity index is 1.37. The van der Waals surface area contributed by atoms with Gasteiger partial charge in [-0.15, -0.1) is 0 Å². The number of fused-ring (bicyclic) bond motifs is 3. The Morgan fingerprint density at radius 1 is 1.05 bits per heavy atom. The second kappa shape index (κ2) is 10.2. The minimum Gasteiger partial charge on any atom is -0.497 e. The summed E-state index contributed by atoms with van der Waals surface area (Å²) in [6.45, 7) is 1.90. The number of carboxylic acids is 1. The molecule has 1 aliphatic heterocycles. The third-order valence-electron chi connectivity index (χ3n) is 7.95. The molecule has 1 N–H and O–H groups in total. The molecule has 208 valence electrons. The number of aromatic carboxylic acids is 1. The summed E-state index contributed by atoms with van der Waals surface area (Å²) in [5.74, 6) is 0.802. The second-order valence-electron chi connectivity index (χ2n) is 10.4. The minimum absolute atomic E-state index is 0.132. The summed E-state index contributed by atoms with van der Waals surface area (Å²) in [4.78, 5) is 31.2. The largest absolute Gasteiger partial charge is 0.497 e. The van der Waals surface area contributed by atoms with Crippen LogP contribution in [0.15, 0.2) is 98.6 Å². The third kappa shape index (κ3) is 4.31. The molecule has 8 heteroatoms. The summed E-state index contributed by atoms with van der Waals surface area (Å²) in [7, 11) is 1.64. The summed E-state index contributed by atoms with van der Waals surface area (Å²) < 4.78 is 13.8. The van der Waals surface area contributed by atoms with E-state index in [1.165, 1.54) is 16.9 Å². The summed E-state index contributed by atoms with van der Waals surface area (Å²) in [5.41, 5.74) is 7.10. The first-order valence-corrected chi connectivity index (χ1v) is 14.4. The van der Waals surface area contributed by atoms with Gasteiger partial charge in [0.15, 0.2) is 4.80 Å². The molecule has 0 saturated heterocycles. The number of nitrogens with zero attached hydrogens (tertiary/aromatic N) is 2. The molecule has 0 amide bonds. The van der Waals surface area contributed by atoms with E-state index in [0.717, 1.165) is 46.6 Å². The predicted octanol–water partition coefficient (Wildman–Crippen LogP) is 5.59. The number of benzene rings is 3. The van der Waals surface area contributed by atoms with E-state index in [0.29, 0.717) is 26.4 Å². The Bertz CT molecular complexity index is 2100. The van der Waals surface area contributed by atoms with Crippen LogP contribution in [0.5, 0.6) is 5.75 Å². The monoisotopic (exact) mass is 574 g/mol. The number of furan rings is 1. The zero-order valence-electron chi connectivity index (χ0n) is 23.0. The molecule has 7 nitrogen and oxygen atoms in total. The normalized spacial score (nSPS) is 16.0. The first-order valence-electron chi connectivity index (χ1n) is 13.6. The van der Waals surface area contributed by atoms with Crippen LogP contribution in [0.3, 0.4) is 0 Å². The number of ether oxygens (including phenoxy) is 1. The lowest BCUT2D eigenvalue weighted by atomic mass is 9.83. The van der Waals surface area contributed by atoms with E-state index in [-0.39, 0.29) is 17.2 Å². The van der Waals surface area contributed by atoms with Crippen molar-refractivity contribution in [1.82, 2.24) is 4.57 Å². The van der Waals surface area contributed by atoms with Crippen LogP contribution in [0.4, 0.5) is 0 Å². The maximum absolute atomic E-state index is 14.0. The molecule has 3 aromatic carbocycles. The predicted molar refractivity (Wildman–Crippen MR) is 162 cm³/mol. The number of allylic oxidation sites excluding steroid dienone is 1. The van der Waals surface area contributed by atoms with Crippen molar-refractivity contribution in [1.29, 1.82) is 0 Å². The highest BCUT2D eigenvalue weighted by molar-refractivity contribution is 7.07. The molecule has 0 radical (unpaired) electrons. The average Bonchev–Trinajstić information content (AvgIpc) is 3.60. The van der Waals surface area contributed by atoms with Gasteiger partial charge >= 0.3 is 5.97 Å². The molecule has 7 rings (SSSR count). The van der Waals surface area contributed by atoms with Crippen molar-refractivity contribution in [3.8, 4) is 17.1 Å². The van der Waals surface area contributed by atoms with Gasteiger partial charge in [0.2, 0.25) is 0 Å². The van der Waals surface area contributed by atoms with E-state index < -0.39 is 5.97 Å². The molecule has 42 heavy (non-hydrogen) atoms. The molecular formula is C34H26N2O5S. The third-order valence-corrected chi connectivity index (χ3v) is 8.94. The van der Waals surface area contributed by atoms with Gasteiger partial charge in [0.25, 0.3) is 5.56 Å². The molecule has 1 unspecified atom stereocenters. The van der Waals surface area contributed by atoms with Crippen molar-refractivity contribution in [2.24, 2.45) is 4.99 Å². The second-order valence-corrected chi connectivity index (χ2v) is 11.4. The van der Waals surface area contributed by atoms with Crippen LogP contribution in [0.1, 0.15) is 50.8 Å². The summed E-state index contributed by atoms with van der Waals surface area (Å²) in [5, 5.41) is 9.43. The standard InChI is InChI=1S/C34H26N2O5S/c1-19-7-8-22(33(38)39)17-27(19)28-16-14-24(41-28)18-29-32(37)36-31(21-9-12-23(40-2)13-10-21)26-15-11-20-5-3-4-6-25(20)30(26)35-34(36)42-29/h3-10,12-14,16-18,31H,11,15H2,1-2H3,(H,38,39)/b29-18+. The number of aryl methyl sites for hydroxylation is 2. The van der Waals surface area contributed by atoms with Crippen LogP contribution < -0.4 is 19.6 Å². The average molecular weight is 575 g/mol. The van der Waals surface area contributed by atoms with Crippen molar-refractivity contribution in [2.75, 3.05) is 7.11 Å². The van der Waals surface area contributed by atoms with Crippen LogP contribution >= 0.6 is 11.3 Å². The maximum Gasteiger partial charge on any atom is 0.335 e. The fourth-order valence-electron chi connectivity index (χ4n) is 5.83. The Hall–Kier alpha value is -4.95. The van der Waals surface area contributed by atoms with Gasteiger partial charge in [0.05, 0.1) is 28.9 Å². The van der Waals surface area contributed by atoms with E-state index >= 15 is 0 Å². The van der Waals surface area contributed by atoms with Crippen LogP contribution in [-0.4, -0.2) is 22.8 Å². The highest BCUT2D eigenvalue weighted by atomic mass is 32.1. The maximum atomic E-state index is 14.0. The lowest BCUT2D eigenvalue weighted by Gasteiger charge is -2.30. The fraction of sp³-hybridized carbons (Fsp3) is 0.147. The molecule has 0 saturated carbocycles. The molecule has 2 aliphatic rings. The van der Waals surface area contributed by atoms with Gasteiger partial charge in [-0.1, -0.05) is 53.8 Å². The molecule has 3 heterocycles. The van der Waals surface area contributed by atoms with Crippen molar-refractivity contribution in [3.63, 3.8) is 0 Å². The van der Waals surface area contributed by atoms with Crippen LogP contribution in [-0.2, 0) is 6.42 Å². The Morgan fingerprint density at radius 2 is 1.86 bits per heavy atom. The smallest absolute Gasteiger partial charge is 0.335 e. The number of hydrogen-bond acceptors (Lipinski definition) is 6. The number of thiazole rings is 1. The van der Waals surface area contributed by atoms with E-state index in [1.54, 1.807) is 48.1 Å². The molecule has 5 aromatic rings. The van der Waals surface area contributed by atoms with Crippen LogP contribution in [0.25, 0.3) is 23.1 Å². The Labute approximate surface area is 245 Å². The molecule has 0 fully saturated rings. The van der Waals surface area contributed by atoms with Gasteiger partial charge in [-0.2, -0.15) is 0 Å². The van der Waals surface area contributed by atoms with E-state index in [4.69, 9.17) is 14.1 Å². The SMILES string of the molecule is COc1ccc(C2C3=C(N=c4s/c(=C/c5ccc(-c6cc(C(=O)O)ccc6C)o5)c(=O)n42)c2ccccc2CC3)cc1. The van der Waals surface area contributed by atoms with Gasteiger partial charge in [-0.3, -0.25) is 9.36 Å². The van der Waals surface area contributed by atoms with Gasteiger partial charge < -0.3 is 14.3 Å². The quantitative estimate of drug-likeness (QED) is 0.295. The molecule has 0 bridgehead atoms. The summed E-state index contributed by atoms with van der Waals surface area (Å²) in [6.07, 6.45) is 3.44. The first-order chi connectivity index (χ1) is 20.4. The lowest BCUT2D eigenvalue weighted by Crippen LogP contribution is -2.38. The van der Waals surface area contributed by atoms with Crippen molar-refractivity contribution in [2.45, 2.75) is 25.8 Å². The van der Waals surface area contributed by atoms with Crippen molar-refractivity contribution < 1.29 is 19.1 Å². The van der Waals surface area contributed by atoms with Crippen molar-refractivity contribution in [3.05, 3.63) is 138 Å². The molecule has 1 aliphatic carbocycles. The zero-order valence-corrected chi connectivity index (χ0v) is 23.8. The van der Waals surface area contributed by atoms with Gasteiger partial charge in [0, 0.05) is 17.2 Å². The molecular weight excluding hydrogens is 548 g/mol. The molecule has 2 aromatic heterocycles. The number of aromatic nitrogens is 1. The molecule has 1 atom stereocenters. The fourth-order valence-corrected chi connectivity index (χ4v) is 6.81. The van der Waals surface area contributed by atoms with Gasteiger partial charge in [-0.05, 0) is 78.4 Å². The van der Waals surface area contributed by atoms with Crippen LogP contribution in [0, 0.1) is 6.92 Å². The van der Waals surface area contributed by atoms with Gasteiger partial charge in [-0.25, -0.2) is 9.79 Å². The summed E-state index contributed by atoms with van der Waals surface area (Å²) >= 11 is 1.34. The molecule has 0 spiro atoms. The zero-order chi connectivity index (χ0) is 29.0. The van der Waals surface area contributed by atoms with Crippen molar-refractivity contribution >= 4 is 29.1 Å². The number of rotatable bonds is 5. The lowest BCUT2D eigenvalue weighted by molar-refractivity contribution is 0.0697. The van der Waals surface area contributed by atoms with E-state index in [2.05, 4.69) is 18.2 Å². The highest BCUT2D eigenvalue weighted by Crippen LogP contribution is 2.41.